The van der Waals surface area contributed by atoms with E-state index in [2.05, 4.69) is 4.98 Å². The van der Waals surface area contributed by atoms with Gasteiger partial charge in [-0.15, -0.1) is 0 Å². The Kier molecular flexibility index (Phi) is 4.05. The van der Waals surface area contributed by atoms with Gasteiger partial charge in [-0.25, -0.2) is 4.98 Å². The summed E-state index contributed by atoms with van der Waals surface area (Å²) in [6, 6.07) is 9.87. The second-order valence-electron chi connectivity index (χ2n) is 3.99. The van der Waals surface area contributed by atoms with E-state index in [0.717, 1.165) is 5.69 Å². The Morgan fingerprint density at radius 1 is 1.35 bits per heavy atom. The van der Waals surface area contributed by atoms with E-state index in [9.17, 15) is 10.1 Å². The molecule has 0 amide bonds. The molecule has 0 unspecified atom stereocenters. The molecule has 0 N–H and O–H groups in total. The second kappa shape index (κ2) is 5.75. The summed E-state index contributed by atoms with van der Waals surface area (Å²) < 4.78 is 5.26. The second-order valence-corrected chi connectivity index (χ2v) is 4.38. The van der Waals surface area contributed by atoms with Crippen molar-refractivity contribution in [3.05, 3.63) is 51.7 Å². The van der Waals surface area contributed by atoms with Gasteiger partial charge < -0.3 is 9.64 Å². The summed E-state index contributed by atoms with van der Waals surface area (Å²) in [6.07, 6.45) is 0. The molecule has 0 aliphatic carbocycles. The minimum absolute atomic E-state index is 0.0657. The van der Waals surface area contributed by atoms with Gasteiger partial charge in [-0.05, 0) is 12.1 Å². The molecule has 2 rings (SSSR count). The zero-order valence-electron chi connectivity index (χ0n) is 10.9. The number of hydrogen-bond acceptors (Lipinski definition) is 5. The summed E-state index contributed by atoms with van der Waals surface area (Å²) >= 11 is 5.83. The van der Waals surface area contributed by atoms with Crippen molar-refractivity contribution in [1.82, 2.24) is 4.98 Å². The molecule has 7 heteroatoms. The van der Waals surface area contributed by atoms with E-state index < -0.39 is 4.92 Å². The monoisotopic (exact) mass is 293 g/mol. The maximum Gasteiger partial charge on any atom is 0.276 e. The smallest absolute Gasteiger partial charge is 0.276 e. The molecule has 0 aliphatic rings. The molecule has 2 aromatic rings. The van der Waals surface area contributed by atoms with Crippen LogP contribution in [0.1, 0.15) is 0 Å². The highest BCUT2D eigenvalue weighted by Gasteiger charge is 2.16. The van der Waals surface area contributed by atoms with Crippen molar-refractivity contribution >= 4 is 28.8 Å². The van der Waals surface area contributed by atoms with E-state index in [1.165, 1.54) is 12.1 Å². The Morgan fingerprint density at radius 3 is 2.70 bits per heavy atom. The van der Waals surface area contributed by atoms with Crippen LogP contribution in [0.15, 0.2) is 36.4 Å². The van der Waals surface area contributed by atoms with Crippen LogP contribution in [0.25, 0.3) is 0 Å². The first-order valence-corrected chi connectivity index (χ1v) is 6.09. The summed E-state index contributed by atoms with van der Waals surface area (Å²) in [5.74, 6) is 1.01. The van der Waals surface area contributed by atoms with Crippen molar-refractivity contribution in [2.75, 3.05) is 19.1 Å². The zero-order chi connectivity index (χ0) is 14.7. The molecule has 20 heavy (non-hydrogen) atoms. The number of aromatic nitrogens is 1. The zero-order valence-corrected chi connectivity index (χ0v) is 11.7. The Bertz CT molecular complexity index is 649. The standard InChI is InChI=1S/C13H12ClN3O3/c1-16(10-5-3-4-6-11(10)20-2)13-8-9(17(18)19)7-12(14)15-13/h3-8H,1-2H3. The van der Waals surface area contributed by atoms with Crippen molar-refractivity contribution in [2.24, 2.45) is 0 Å². The van der Waals surface area contributed by atoms with Gasteiger partial charge in [-0.3, -0.25) is 10.1 Å². The summed E-state index contributed by atoms with van der Waals surface area (Å²) in [5, 5.41) is 10.9. The molecule has 104 valence electrons. The van der Waals surface area contributed by atoms with Crippen LogP contribution in [0, 0.1) is 10.1 Å². The van der Waals surface area contributed by atoms with Gasteiger partial charge in [0, 0.05) is 7.05 Å². The normalized spacial score (nSPS) is 10.2. The summed E-state index contributed by atoms with van der Waals surface area (Å²) in [4.78, 5) is 16.1. The van der Waals surface area contributed by atoms with Gasteiger partial charge in [0.05, 0.1) is 29.9 Å². The lowest BCUT2D eigenvalue weighted by molar-refractivity contribution is -0.384. The maximum absolute atomic E-state index is 10.9. The van der Waals surface area contributed by atoms with E-state index in [-0.39, 0.29) is 10.8 Å². The molecule has 0 saturated heterocycles. The SMILES string of the molecule is COc1ccccc1N(C)c1cc([N+](=O)[O-])cc(Cl)n1. The van der Waals surface area contributed by atoms with Crippen LogP contribution < -0.4 is 9.64 Å². The molecule has 0 radical (unpaired) electrons. The van der Waals surface area contributed by atoms with Crippen LogP contribution in [0.3, 0.4) is 0 Å². The molecule has 1 aromatic heterocycles. The fourth-order valence-corrected chi connectivity index (χ4v) is 1.98. The third kappa shape index (κ3) is 2.80. The van der Waals surface area contributed by atoms with Crippen LogP contribution in [0.4, 0.5) is 17.2 Å². The Balaban J connectivity index is 2.47. The first-order valence-electron chi connectivity index (χ1n) is 5.71. The van der Waals surface area contributed by atoms with E-state index in [4.69, 9.17) is 16.3 Å². The molecule has 0 saturated carbocycles. The van der Waals surface area contributed by atoms with E-state index in [1.54, 1.807) is 25.1 Å². The van der Waals surface area contributed by atoms with Gasteiger partial charge in [-0.2, -0.15) is 0 Å². The number of anilines is 2. The van der Waals surface area contributed by atoms with E-state index in [0.29, 0.717) is 11.6 Å². The molecular weight excluding hydrogens is 282 g/mol. The first-order chi connectivity index (χ1) is 9.52. The number of nitrogens with zero attached hydrogens (tertiary/aromatic N) is 3. The molecule has 0 aliphatic heterocycles. The van der Waals surface area contributed by atoms with Crippen LogP contribution >= 0.6 is 11.6 Å². The number of nitro groups is 1. The average Bonchev–Trinajstić information content (AvgIpc) is 2.45. The van der Waals surface area contributed by atoms with Crippen molar-refractivity contribution in [3.8, 4) is 5.75 Å². The van der Waals surface area contributed by atoms with Crippen molar-refractivity contribution in [1.29, 1.82) is 0 Å². The minimum atomic E-state index is -0.507. The lowest BCUT2D eigenvalue weighted by atomic mass is 10.2. The van der Waals surface area contributed by atoms with Crippen LogP contribution in [-0.4, -0.2) is 24.1 Å². The molecule has 0 bridgehead atoms. The summed E-state index contributed by atoms with van der Waals surface area (Å²) in [6.45, 7) is 0. The predicted octanol–water partition coefficient (Wildman–Crippen LogP) is 3.42. The van der Waals surface area contributed by atoms with Crippen LogP contribution in [0.5, 0.6) is 5.75 Å². The highest BCUT2D eigenvalue weighted by molar-refractivity contribution is 6.29. The average molecular weight is 294 g/mol. The third-order valence-corrected chi connectivity index (χ3v) is 2.96. The van der Waals surface area contributed by atoms with Crippen molar-refractivity contribution < 1.29 is 9.66 Å². The number of halogens is 1. The largest absolute Gasteiger partial charge is 0.495 e. The number of rotatable bonds is 4. The number of para-hydroxylation sites is 2. The minimum Gasteiger partial charge on any atom is -0.495 e. The number of hydrogen-bond donors (Lipinski definition) is 0. The fraction of sp³-hybridized carbons (Fsp3) is 0.154. The lowest BCUT2D eigenvalue weighted by Gasteiger charge is -2.20. The highest BCUT2D eigenvalue weighted by Crippen LogP contribution is 2.33. The molecule has 6 nitrogen and oxygen atoms in total. The van der Waals surface area contributed by atoms with Gasteiger partial charge in [0.25, 0.3) is 5.69 Å². The molecular formula is C13H12ClN3O3. The number of benzene rings is 1. The molecule has 1 heterocycles. The predicted molar refractivity (Wildman–Crippen MR) is 77.0 cm³/mol. The van der Waals surface area contributed by atoms with Gasteiger partial charge in [-0.1, -0.05) is 23.7 Å². The Hall–Kier alpha value is -2.34. The quantitative estimate of drug-likeness (QED) is 0.491. The molecule has 0 spiro atoms. The van der Waals surface area contributed by atoms with E-state index in [1.807, 2.05) is 18.2 Å². The molecule has 1 aromatic carbocycles. The topological polar surface area (TPSA) is 68.5 Å². The number of methoxy groups -OCH3 is 1. The van der Waals surface area contributed by atoms with Gasteiger partial charge in [0.1, 0.15) is 16.7 Å². The Morgan fingerprint density at radius 2 is 2.05 bits per heavy atom. The third-order valence-electron chi connectivity index (χ3n) is 2.77. The van der Waals surface area contributed by atoms with Gasteiger partial charge in [0.15, 0.2) is 0 Å². The molecule has 0 atom stereocenters. The van der Waals surface area contributed by atoms with Crippen molar-refractivity contribution in [3.63, 3.8) is 0 Å². The van der Waals surface area contributed by atoms with Gasteiger partial charge in [0.2, 0.25) is 0 Å². The summed E-state index contributed by atoms with van der Waals surface area (Å²) in [7, 11) is 3.29. The lowest BCUT2D eigenvalue weighted by Crippen LogP contribution is -2.12. The number of ether oxygens (including phenoxy) is 1. The van der Waals surface area contributed by atoms with Crippen LogP contribution in [0.2, 0.25) is 5.15 Å². The summed E-state index contributed by atoms with van der Waals surface area (Å²) in [5.41, 5.74) is 0.626. The Labute approximate surface area is 120 Å². The maximum atomic E-state index is 10.9. The van der Waals surface area contributed by atoms with E-state index >= 15 is 0 Å². The van der Waals surface area contributed by atoms with Crippen molar-refractivity contribution in [2.45, 2.75) is 0 Å². The fourth-order valence-electron chi connectivity index (χ4n) is 1.78. The first kappa shape index (κ1) is 14.1. The van der Waals surface area contributed by atoms with Gasteiger partial charge >= 0.3 is 0 Å². The van der Waals surface area contributed by atoms with Crippen LogP contribution in [-0.2, 0) is 0 Å². The highest BCUT2D eigenvalue weighted by atomic mass is 35.5. The molecule has 0 fully saturated rings. The number of pyridine rings is 1.